The summed E-state index contributed by atoms with van der Waals surface area (Å²) >= 11 is 0. The second-order valence-corrected chi connectivity index (χ2v) is 5.76. The van der Waals surface area contributed by atoms with Gasteiger partial charge in [-0.3, -0.25) is 14.9 Å². The van der Waals surface area contributed by atoms with Crippen LogP contribution in [0.25, 0.3) is 0 Å². The molecule has 0 unspecified atom stereocenters. The molecule has 4 amide bonds. The van der Waals surface area contributed by atoms with Crippen molar-refractivity contribution in [2.75, 3.05) is 19.6 Å². The molecule has 0 bridgehead atoms. The molecule has 130 valence electrons. The normalized spacial score (nSPS) is 15.7. The Balaban J connectivity index is 1.70. The van der Waals surface area contributed by atoms with Gasteiger partial charge in [0, 0.05) is 37.7 Å². The molecular weight excluding hydrogens is 315 g/mol. The summed E-state index contributed by atoms with van der Waals surface area (Å²) in [5.41, 5.74) is 5.31. The monoisotopic (exact) mass is 336 g/mol. The van der Waals surface area contributed by atoms with E-state index in [1.807, 2.05) is 5.32 Å². The summed E-state index contributed by atoms with van der Waals surface area (Å²) in [5, 5.41) is 4.97. The Morgan fingerprint density at radius 1 is 1.17 bits per heavy atom. The number of piperidine rings is 1. The van der Waals surface area contributed by atoms with Gasteiger partial charge < -0.3 is 16.0 Å². The molecule has 1 aromatic carbocycles. The van der Waals surface area contributed by atoms with E-state index in [4.69, 9.17) is 5.73 Å². The van der Waals surface area contributed by atoms with Crippen molar-refractivity contribution < 1.29 is 18.8 Å². The van der Waals surface area contributed by atoms with Gasteiger partial charge in [-0.25, -0.2) is 9.18 Å². The molecule has 0 aromatic heterocycles. The van der Waals surface area contributed by atoms with E-state index in [9.17, 15) is 18.8 Å². The molecular formula is C16H21FN4O3. The average Bonchev–Trinajstić information content (AvgIpc) is 2.54. The summed E-state index contributed by atoms with van der Waals surface area (Å²) in [5.74, 6) is -0.983. The first-order valence-corrected chi connectivity index (χ1v) is 7.82. The van der Waals surface area contributed by atoms with Crippen LogP contribution in [0.4, 0.5) is 9.18 Å². The predicted octanol–water partition coefficient (Wildman–Crippen LogP) is 0.605. The Kier molecular flexibility index (Phi) is 6.25. The average molecular weight is 336 g/mol. The molecule has 4 N–H and O–H groups in total. The van der Waals surface area contributed by atoms with E-state index in [2.05, 4.69) is 10.2 Å². The topological polar surface area (TPSA) is 105 Å². The number of likely N-dealkylation sites (tertiary alicyclic amines) is 1. The fourth-order valence-electron chi connectivity index (χ4n) is 2.63. The number of carbonyl (C=O) groups excluding carboxylic acids is 3. The van der Waals surface area contributed by atoms with Gasteiger partial charge in [-0.1, -0.05) is 0 Å². The maximum absolute atomic E-state index is 12.9. The van der Waals surface area contributed by atoms with Gasteiger partial charge >= 0.3 is 6.03 Å². The zero-order valence-corrected chi connectivity index (χ0v) is 13.3. The number of hydrogen-bond acceptors (Lipinski definition) is 4. The van der Waals surface area contributed by atoms with Crippen molar-refractivity contribution in [3.05, 3.63) is 35.6 Å². The van der Waals surface area contributed by atoms with Crippen molar-refractivity contribution >= 4 is 17.8 Å². The van der Waals surface area contributed by atoms with Crippen LogP contribution in [0.15, 0.2) is 24.3 Å². The van der Waals surface area contributed by atoms with E-state index in [0.717, 1.165) is 25.9 Å². The summed E-state index contributed by atoms with van der Waals surface area (Å²) in [6.07, 6.45) is 1.74. The van der Waals surface area contributed by atoms with Crippen LogP contribution < -0.4 is 16.4 Å². The van der Waals surface area contributed by atoms with Gasteiger partial charge in [-0.2, -0.15) is 0 Å². The number of urea groups is 1. The lowest BCUT2D eigenvalue weighted by molar-refractivity contribution is -0.120. The Labute approximate surface area is 139 Å². The summed E-state index contributed by atoms with van der Waals surface area (Å²) in [6, 6.07) is 4.64. The number of primary amides is 1. The lowest BCUT2D eigenvalue weighted by atomic mass is 10.0. The standard InChI is InChI=1S/C16H21FN4O3/c17-12-3-1-11(2-4-12)15(23)19-13-5-8-21(9-6-13)10-7-14(22)20-16(18)24/h1-4,13H,5-10H2,(H,19,23)(H3,18,20,22,24). The maximum Gasteiger partial charge on any atom is 0.318 e. The molecule has 0 radical (unpaired) electrons. The molecule has 0 aliphatic carbocycles. The van der Waals surface area contributed by atoms with E-state index in [1.54, 1.807) is 0 Å². The zero-order chi connectivity index (χ0) is 17.5. The van der Waals surface area contributed by atoms with Crippen molar-refractivity contribution in [1.29, 1.82) is 0 Å². The third-order valence-electron chi connectivity index (χ3n) is 3.95. The number of carbonyl (C=O) groups is 3. The number of nitrogens with one attached hydrogen (secondary N) is 2. The van der Waals surface area contributed by atoms with Crippen molar-refractivity contribution in [2.45, 2.75) is 25.3 Å². The highest BCUT2D eigenvalue weighted by atomic mass is 19.1. The molecule has 1 aliphatic rings. The first-order chi connectivity index (χ1) is 11.4. The largest absolute Gasteiger partial charge is 0.351 e. The molecule has 8 heteroatoms. The summed E-state index contributed by atoms with van der Waals surface area (Å²) in [6.45, 7) is 2.04. The molecule has 1 saturated heterocycles. The molecule has 2 rings (SSSR count). The van der Waals surface area contributed by atoms with Gasteiger partial charge in [0.05, 0.1) is 0 Å². The first kappa shape index (κ1) is 17.9. The number of nitrogens with zero attached hydrogens (tertiary/aromatic N) is 1. The second-order valence-electron chi connectivity index (χ2n) is 5.76. The number of rotatable bonds is 5. The van der Waals surface area contributed by atoms with E-state index in [0.29, 0.717) is 12.1 Å². The van der Waals surface area contributed by atoms with Crippen LogP contribution in [0.2, 0.25) is 0 Å². The van der Waals surface area contributed by atoms with E-state index >= 15 is 0 Å². The fraction of sp³-hybridized carbons (Fsp3) is 0.438. The third kappa shape index (κ3) is 5.62. The number of benzene rings is 1. The minimum Gasteiger partial charge on any atom is -0.351 e. The minimum absolute atomic E-state index is 0.0539. The Hall–Kier alpha value is -2.48. The van der Waals surface area contributed by atoms with Gasteiger partial charge in [0.25, 0.3) is 5.91 Å². The van der Waals surface area contributed by atoms with Crippen molar-refractivity contribution in [2.24, 2.45) is 5.73 Å². The number of nitrogens with two attached hydrogens (primary N) is 1. The van der Waals surface area contributed by atoms with Crippen molar-refractivity contribution in [3.8, 4) is 0 Å². The summed E-state index contributed by atoms with van der Waals surface area (Å²) in [7, 11) is 0. The molecule has 24 heavy (non-hydrogen) atoms. The SMILES string of the molecule is NC(=O)NC(=O)CCN1CCC(NC(=O)c2ccc(F)cc2)CC1. The summed E-state index contributed by atoms with van der Waals surface area (Å²) in [4.78, 5) is 36.1. The molecule has 1 fully saturated rings. The molecule has 0 saturated carbocycles. The van der Waals surface area contributed by atoms with Gasteiger partial charge in [0.1, 0.15) is 5.82 Å². The van der Waals surface area contributed by atoms with Crippen LogP contribution >= 0.6 is 0 Å². The quantitative estimate of drug-likeness (QED) is 0.732. The molecule has 0 spiro atoms. The Morgan fingerprint density at radius 3 is 2.38 bits per heavy atom. The smallest absolute Gasteiger partial charge is 0.318 e. The summed E-state index contributed by atoms with van der Waals surface area (Å²) < 4.78 is 12.9. The molecule has 1 heterocycles. The minimum atomic E-state index is -0.845. The highest BCUT2D eigenvalue weighted by Crippen LogP contribution is 2.12. The van der Waals surface area contributed by atoms with Crippen LogP contribution in [0.3, 0.4) is 0 Å². The predicted molar refractivity (Wildman–Crippen MR) is 85.7 cm³/mol. The van der Waals surface area contributed by atoms with Crippen LogP contribution in [0.5, 0.6) is 0 Å². The Bertz CT molecular complexity index is 598. The van der Waals surface area contributed by atoms with Gasteiger partial charge in [-0.15, -0.1) is 0 Å². The molecule has 0 atom stereocenters. The second kappa shape index (κ2) is 8.39. The molecule has 1 aliphatic heterocycles. The first-order valence-electron chi connectivity index (χ1n) is 7.82. The highest BCUT2D eigenvalue weighted by Gasteiger charge is 2.21. The highest BCUT2D eigenvalue weighted by molar-refractivity contribution is 5.94. The number of amides is 4. The van der Waals surface area contributed by atoms with Gasteiger partial charge in [0.15, 0.2) is 0 Å². The van der Waals surface area contributed by atoms with Crippen LogP contribution in [-0.4, -0.2) is 48.4 Å². The van der Waals surface area contributed by atoms with Crippen LogP contribution in [0.1, 0.15) is 29.6 Å². The zero-order valence-electron chi connectivity index (χ0n) is 13.3. The van der Waals surface area contributed by atoms with E-state index in [1.165, 1.54) is 24.3 Å². The van der Waals surface area contributed by atoms with Gasteiger partial charge in [-0.05, 0) is 37.1 Å². The molecule has 7 nitrogen and oxygen atoms in total. The maximum atomic E-state index is 12.9. The van der Waals surface area contributed by atoms with Gasteiger partial charge in [0.2, 0.25) is 5.91 Å². The fourth-order valence-corrected chi connectivity index (χ4v) is 2.63. The lowest BCUT2D eigenvalue weighted by Crippen LogP contribution is -2.45. The Morgan fingerprint density at radius 2 is 1.79 bits per heavy atom. The van der Waals surface area contributed by atoms with E-state index in [-0.39, 0.29) is 24.2 Å². The number of hydrogen-bond donors (Lipinski definition) is 3. The van der Waals surface area contributed by atoms with E-state index < -0.39 is 11.9 Å². The van der Waals surface area contributed by atoms with Crippen molar-refractivity contribution in [3.63, 3.8) is 0 Å². The van der Waals surface area contributed by atoms with Crippen LogP contribution in [-0.2, 0) is 4.79 Å². The third-order valence-corrected chi connectivity index (χ3v) is 3.95. The lowest BCUT2D eigenvalue weighted by Gasteiger charge is -2.32. The van der Waals surface area contributed by atoms with Crippen molar-refractivity contribution in [1.82, 2.24) is 15.5 Å². The number of halogens is 1. The van der Waals surface area contributed by atoms with Crippen LogP contribution in [0, 0.1) is 5.82 Å². The number of imide groups is 1. The molecule has 1 aromatic rings.